The Labute approximate surface area is 63.4 Å². The number of rotatable bonds is 1. The molecule has 0 radical (unpaired) electrons. The smallest absolute Gasteiger partial charge is 0.325 e. The molecule has 1 aliphatic rings. The van der Waals surface area contributed by atoms with Crippen molar-refractivity contribution in [1.82, 2.24) is 4.98 Å². The minimum absolute atomic E-state index is 0.419. The summed E-state index contributed by atoms with van der Waals surface area (Å²) in [5.74, 6) is -0.453. The lowest BCUT2D eigenvalue weighted by molar-refractivity contribution is -0.150. The molecule has 4 heteroatoms. The number of nitrogens with zero attached hydrogens (tertiary/aromatic N) is 1. The van der Waals surface area contributed by atoms with Gasteiger partial charge in [0.25, 0.3) is 5.89 Å². The summed E-state index contributed by atoms with van der Waals surface area (Å²) in [7, 11) is 0. The molecule has 0 atom stereocenters. The Hall–Kier alpha value is -1.45. The zero-order valence-electron chi connectivity index (χ0n) is 5.98. The molecule has 0 saturated carbocycles. The van der Waals surface area contributed by atoms with E-state index in [4.69, 9.17) is 13.9 Å². The summed E-state index contributed by atoms with van der Waals surface area (Å²) in [5, 5.41) is 0. The summed E-state index contributed by atoms with van der Waals surface area (Å²) in [6, 6.07) is 0. The van der Waals surface area contributed by atoms with Crippen LogP contribution in [0.3, 0.4) is 0 Å². The van der Waals surface area contributed by atoms with Gasteiger partial charge >= 0.3 is 5.79 Å². The van der Waals surface area contributed by atoms with E-state index in [9.17, 15) is 0 Å². The second-order valence-corrected chi connectivity index (χ2v) is 2.29. The number of hydrogen-bond acceptors (Lipinski definition) is 4. The molecule has 2 heterocycles. The van der Waals surface area contributed by atoms with Crippen LogP contribution in [-0.4, -0.2) is 4.98 Å². The lowest BCUT2D eigenvalue weighted by Gasteiger charge is -2.17. The zero-order chi connectivity index (χ0) is 7.73. The van der Waals surface area contributed by atoms with E-state index in [-0.39, 0.29) is 0 Å². The summed E-state index contributed by atoms with van der Waals surface area (Å²) in [5.41, 5.74) is 0. The van der Waals surface area contributed by atoms with E-state index in [2.05, 4.69) is 4.98 Å². The van der Waals surface area contributed by atoms with Crippen molar-refractivity contribution in [2.24, 2.45) is 0 Å². The third kappa shape index (κ3) is 0.869. The second kappa shape index (κ2) is 2.02. The van der Waals surface area contributed by atoms with Crippen LogP contribution in [0.15, 0.2) is 29.4 Å². The van der Waals surface area contributed by atoms with Crippen molar-refractivity contribution in [3.8, 4) is 0 Å². The van der Waals surface area contributed by atoms with Gasteiger partial charge < -0.3 is 13.9 Å². The molecule has 0 amide bonds. The van der Waals surface area contributed by atoms with Gasteiger partial charge in [0.1, 0.15) is 18.8 Å². The highest BCUT2D eigenvalue weighted by atomic mass is 16.7. The Kier molecular flexibility index (Phi) is 1.15. The Bertz CT molecular complexity index is 257. The average molecular weight is 153 g/mol. The standard InChI is InChI=1S/C7H7NO3/c1-7(10-4-5-11-7)6-8-2-3-9-6/h2-5H,1H3. The van der Waals surface area contributed by atoms with Crippen LogP contribution in [0.1, 0.15) is 12.8 Å². The van der Waals surface area contributed by atoms with E-state index >= 15 is 0 Å². The molecule has 0 saturated heterocycles. The van der Waals surface area contributed by atoms with E-state index in [0.717, 1.165) is 0 Å². The van der Waals surface area contributed by atoms with Crippen LogP contribution >= 0.6 is 0 Å². The Balaban J connectivity index is 2.29. The van der Waals surface area contributed by atoms with Crippen molar-refractivity contribution in [3.05, 3.63) is 30.9 Å². The van der Waals surface area contributed by atoms with E-state index in [0.29, 0.717) is 5.89 Å². The number of aromatic nitrogens is 1. The molecule has 0 aliphatic carbocycles. The molecule has 4 nitrogen and oxygen atoms in total. The summed E-state index contributed by atoms with van der Waals surface area (Å²) in [6.45, 7) is 1.73. The monoisotopic (exact) mass is 153 g/mol. The van der Waals surface area contributed by atoms with Crippen molar-refractivity contribution < 1.29 is 13.9 Å². The molecule has 2 rings (SSSR count). The lowest BCUT2D eigenvalue weighted by Crippen LogP contribution is -2.22. The van der Waals surface area contributed by atoms with Gasteiger partial charge in [-0.15, -0.1) is 0 Å². The van der Waals surface area contributed by atoms with Gasteiger partial charge in [-0.3, -0.25) is 0 Å². The second-order valence-electron chi connectivity index (χ2n) is 2.29. The molecule has 0 bridgehead atoms. The number of ether oxygens (including phenoxy) is 2. The Morgan fingerprint density at radius 3 is 2.64 bits per heavy atom. The van der Waals surface area contributed by atoms with Gasteiger partial charge in [0, 0.05) is 6.92 Å². The molecule has 0 aromatic carbocycles. The normalized spacial score (nSPS) is 19.4. The number of oxazole rings is 1. The first-order valence-electron chi connectivity index (χ1n) is 3.22. The average Bonchev–Trinajstić information content (AvgIpc) is 2.55. The van der Waals surface area contributed by atoms with Crippen LogP contribution in [0.25, 0.3) is 0 Å². The van der Waals surface area contributed by atoms with Crippen molar-refractivity contribution in [2.75, 3.05) is 0 Å². The molecule has 0 fully saturated rings. The van der Waals surface area contributed by atoms with Gasteiger partial charge in [-0.25, -0.2) is 4.98 Å². The maximum Gasteiger partial charge on any atom is 0.325 e. The highest BCUT2D eigenvalue weighted by molar-refractivity contribution is 4.95. The molecule has 0 spiro atoms. The minimum atomic E-state index is -0.872. The molecule has 0 unspecified atom stereocenters. The van der Waals surface area contributed by atoms with Crippen LogP contribution in [0.4, 0.5) is 0 Å². The molecule has 0 N–H and O–H groups in total. The van der Waals surface area contributed by atoms with Gasteiger partial charge in [-0.05, 0) is 0 Å². The molecule has 1 aromatic heterocycles. The van der Waals surface area contributed by atoms with E-state index in [1.54, 1.807) is 13.1 Å². The van der Waals surface area contributed by atoms with E-state index < -0.39 is 5.79 Å². The molecule has 1 aliphatic heterocycles. The van der Waals surface area contributed by atoms with Crippen molar-refractivity contribution in [1.29, 1.82) is 0 Å². The summed E-state index contributed by atoms with van der Waals surface area (Å²) >= 11 is 0. The first-order valence-corrected chi connectivity index (χ1v) is 3.22. The van der Waals surface area contributed by atoms with E-state index in [1.807, 2.05) is 0 Å². The molecule has 11 heavy (non-hydrogen) atoms. The maximum atomic E-state index is 5.13. The Morgan fingerprint density at radius 1 is 1.36 bits per heavy atom. The number of hydrogen-bond donors (Lipinski definition) is 0. The van der Waals surface area contributed by atoms with Crippen LogP contribution in [0.2, 0.25) is 0 Å². The molecule has 58 valence electrons. The highest BCUT2D eigenvalue weighted by Gasteiger charge is 2.36. The highest BCUT2D eigenvalue weighted by Crippen LogP contribution is 2.29. The predicted molar refractivity (Wildman–Crippen MR) is 35.2 cm³/mol. The van der Waals surface area contributed by atoms with Crippen molar-refractivity contribution in [2.45, 2.75) is 12.7 Å². The van der Waals surface area contributed by atoms with Gasteiger partial charge in [0.15, 0.2) is 0 Å². The third-order valence-corrected chi connectivity index (χ3v) is 1.46. The summed E-state index contributed by atoms with van der Waals surface area (Å²) < 4.78 is 15.3. The summed E-state index contributed by atoms with van der Waals surface area (Å²) in [4.78, 5) is 3.91. The van der Waals surface area contributed by atoms with Crippen LogP contribution < -0.4 is 0 Å². The molecular formula is C7H7NO3. The van der Waals surface area contributed by atoms with Crippen LogP contribution in [-0.2, 0) is 15.3 Å². The first-order chi connectivity index (χ1) is 5.31. The zero-order valence-corrected chi connectivity index (χ0v) is 5.98. The quantitative estimate of drug-likeness (QED) is 0.611. The van der Waals surface area contributed by atoms with Gasteiger partial charge in [-0.2, -0.15) is 0 Å². The topological polar surface area (TPSA) is 44.5 Å². The minimum Gasteiger partial charge on any atom is -0.449 e. The van der Waals surface area contributed by atoms with Crippen LogP contribution in [0, 0.1) is 0 Å². The lowest BCUT2D eigenvalue weighted by atomic mass is 10.3. The summed E-state index contributed by atoms with van der Waals surface area (Å²) in [6.07, 6.45) is 5.95. The van der Waals surface area contributed by atoms with Crippen molar-refractivity contribution in [3.63, 3.8) is 0 Å². The fraction of sp³-hybridized carbons (Fsp3) is 0.286. The molecular weight excluding hydrogens is 146 g/mol. The van der Waals surface area contributed by atoms with Gasteiger partial charge in [0.05, 0.1) is 6.20 Å². The third-order valence-electron chi connectivity index (χ3n) is 1.46. The van der Waals surface area contributed by atoms with Gasteiger partial charge in [0.2, 0.25) is 0 Å². The largest absolute Gasteiger partial charge is 0.449 e. The fourth-order valence-electron chi connectivity index (χ4n) is 0.892. The van der Waals surface area contributed by atoms with E-state index in [1.165, 1.54) is 18.8 Å². The fourth-order valence-corrected chi connectivity index (χ4v) is 0.892. The predicted octanol–water partition coefficient (Wildman–Crippen LogP) is 1.37. The molecule has 1 aromatic rings. The first kappa shape index (κ1) is 6.27. The van der Waals surface area contributed by atoms with Crippen molar-refractivity contribution >= 4 is 0 Å². The Morgan fingerprint density at radius 2 is 2.09 bits per heavy atom. The maximum absolute atomic E-state index is 5.13. The van der Waals surface area contributed by atoms with Gasteiger partial charge in [-0.1, -0.05) is 0 Å². The SMILES string of the molecule is CC1(c2ncco2)OC=CO1. The van der Waals surface area contributed by atoms with Crippen LogP contribution in [0.5, 0.6) is 0 Å².